The second kappa shape index (κ2) is 7.12. The van der Waals surface area contributed by atoms with Crippen LogP contribution in [0.15, 0.2) is 21.6 Å². The highest BCUT2D eigenvalue weighted by molar-refractivity contribution is 7.99. The summed E-state index contributed by atoms with van der Waals surface area (Å²) in [5.74, 6) is 3.11. The first kappa shape index (κ1) is 13.0. The van der Waals surface area contributed by atoms with Crippen molar-refractivity contribution < 1.29 is 4.42 Å². The lowest BCUT2D eigenvalue weighted by atomic mass is 9.89. The molecule has 1 aromatic rings. The Labute approximate surface area is 109 Å². The molecule has 0 saturated heterocycles. The van der Waals surface area contributed by atoms with Gasteiger partial charge < -0.3 is 9.73 Å². The third-order valence-electron chi connectivity index (χ3n) is 3.51. The van der Waals surface area contributed by atoms with E-state index in [0.29, 0.717) is 0 Å². The first-order valence-electron chi connectivity index (χ1n) is 6.74. The van der Waals surface area contributed by atoms with Gasteiger partial charge in [-0.2, -0.15) is 0 Å². The predicted octanol–water partition coefficient (Wildman–Crippen LogP) is 3.85. The van der Waals surface area contributed by atoms with Crippen LogP contribution < -0.4 is 5.32 Å². The van der Waals surface area contributed by atoms with E-state index < -0.39 is 0 Å². The van der Waals surface area contributed by atoms with Gasteiger partial charge in [0.2, 0.25) is 0 Å². The van der Waals surface area contributed by atoms with Crippen LogP contribution in [-0.4, -0.2) is 18.8 Å². The minimum atomic E-state index is 0.935. The zero-order chi connectivity index (χ0) is 11.9. The highest BCUT2D eigenvalue weighted by atomic mass is 32.2. The Kier molecular flexibility index (Phi) is 5.46. The molecule has 0 radical (unpaired) electrons. The molecule has 1 aliphatic carbocycles. The van der Waals surface area contributed by atoms with Gasteiger partial charge >= 0.3 is 0 Å². The maximum Gasteiger partial charge on any atom is 0.114 e. The smallest absolute Gasteiger partial charge is 0.114 e. The van der Waals surface area contributed by atoms with Gasteiger partial charge in [0, 0.05) is 17.2 Å². The number of hydrogen-bond donors (Lipinski definition) is 1. The quantitative estimate of drug-likeness (QED) is 0.616. The van der Waals surface area contributed by atoms with Gasteiger partial charge in [-0.25, -0.2) is 0 Å². The highest BCUT2D eigenvalue weighted by Crippen LogP contribution is 2.23. The molecular formula is C14H23NOS. The molecule has 0 bridgehead atoms. The molecule has 0 spiro atoms. The number of nitrogens with one attached hydrogen (secondary N) is 1. The monoisotopic (exact) mass is 253 g/mol. The molecule has 1 aromatic heterocycles. The molecule has 96 valence electrons. The van der Waals surface area contributed by atoms with E-state index in [0.717, 1.165) is 24.0 Å². The molecule has 1 aliphatic rings. The van der Waals surface area contributed by atoms with Crippen molar-refractivity contribution >= 4 is 11.8 Å². The van der Waals surface area contributed by atoms with Gasteiger partial charge in [0.05, 0.1) is 6.26 Å². The first-order chi connectivity index (χ1) is 8.36. The van der Waals surface area contributed by atoms with Crippen LogP contribution in [0.3, 0.4) is 0 Å². The Balaban J connectivity index is 1.53. The molecule has 1 heterocycles. The lowest BCUT2D eigenvalue weighted by Gasteiger charge is -2.21. The second-order valence-corrected chi connectivity index (χ2v) is 6.03. The maximum absolute atomic E-state index is 5.28. The standard InChI is InChI=1S/C14H23NOS/c1-12-14(7-9-16-12)17-10-8-15-11-13-5-3-2-4-6-13/h7,9,13,15H,2-6,8,10-11H2,1H3. The van der Waals surface area contributed by atoms with Gasteiger partial charge in [-0.1, -0.05) is 19.3 Å². The van der Waals surface area contributed by atoms with Crippen LogP contribution in [0.4, 0.5) is 0 Å². The fourth-order valence-corrected chi connectivity index (χ4v) is 3.32. The van der Waals surface area contributed by atoms with Crippen LogP contribution >= 0.6 is 11.8 Å². The van der Waals surface area contributed by atoms with E-state index in [2.05, 4.69) is 11.4 Å². The molecule has 1 N–H and O–H groups in total. The summed E-state index contributed by atoms with van der Waals surface area (Å²) in [4.78, 5) is 1.28. The Morgan fingerprint density at radius 1 is 1.35 bits per heavy atom. The zero-order valence-corrected chi connectivity index (χ0v) is 11.5. The molecule has 0 aromatic carbocycles. The molecule has 2 nitrogen and oxygen atoms in total. The van der Waals surface area contributed by atoms with E-state index in [-0.39, 0.29) is 0 Å². The largest absolute Gasteiger partial charge is 0.468 e. The van der Waals surface area contributed by atoms with Gasteiger partial charge in [0.15, 0.2) is 0 Å². The lowest BCUT2D eigenvalue weighted by Crippen LogP contribution is -2.26. The summed E-state index contributed by atoms with van der Waals surface area (Å²) >= 11 is 1.88. The molecule has 1 fully saturated rings. The van der Waals surface area contributed by atoms with Crippen molar-refractivity contribution in [1.82, 2.24) is 5.32 Å². The van der Waals surface area contributed by atoms with Gasteiger partial charge in [0.25, 0.3) is 0 Å². The van der Waals surface area contributed by atoms with Crippen LogP contribution in [0.2, 0.25) is 0 Å². The number of aryl methyl sites for hydroxylation is 1. The Bertz CT molecular complexity index is 318. The van der Waals surface area contributed by atoms with E-state index >= 15 is 0 Å². The predicted molar refractivity (Wildman–Crippen MR) is 73.6 cm³/mol. The third-order valence-corrected chi connectivity index (χ3v) is 4.65. The summed E-state index contributed by atoms with van der Waals surface area (Å²) in [5, 5.41) is 3.59. The molecule has 1 saturated carbocycles. The lowest BCUT2D eigenvalue weighted by molar-refractivity contribution is 0.345. The molecule has 0 unspecified atom stereocenters. The summed E-state index contributed by atoms with van der Waals surface area (Å²) in [7, 11) is 0. The van der Waals surface area contributed by atoms with Crippen molar-refractivity contribution in [1.29, 1.82) is 0 Å². The molecular weight excluding hydrogens is 230 g/mol. The van der Waals surface area contributed by atoms with Crippen LogP contribution in [0, 0.1) is 12.8 Å². The molecule has 17 heavy (non-hydrogen) atoms. The number of hydrogen-bond acceptors (Lipinski definition) is 3. The van der Waals surface area contributed by atoms with E-state index in [1.54, 1.807) is 6.26 Å². The SMILES string of the molecule is Cc1occc1SCCNCC1CCCCC1. The summed E-state index contributed by atoms with van der Waals surface area (Å²) < 4.78 is 5.28. The van der Waals surface area contributed by atoms with Crippen LogP contribution in [-0.2, 0) is 0 Å². The second-order valence-electron chi connectivity index (χ2n) is 4.90. The number of furan rings is 1. The number of rotatable bonds is 6. The summed E-state index contributed by atoms with van der Waals surface area (Å²) in [6.07, 6.45) is 8.96. The van der Waals surface area contributed by atoms with E-state index in [4.69, 9.17) is 4.42 Å². The molecule has 0 atom stereocenters. The van der Waals surface area contributed by atoms with E-state index in [1.165, 1.54) is 43.5 Å². The first-order valence-corrected chi connectivity index (χ1v) is 7.72. The van der Waals surface area contributed by atoms with Gasteiger partial charge in [0.1, 0.15) is 5.76 Å². The average Bonchev–Trinajstić information content (AvgIpc) is 2.76. The molecule has 0 amide bonds. The summed E-state index contributed by atoms with van der Waals surface area (Å²) in [5.41, 5.74) is 0. The van der Waals surface area contributed by atoms with Crippen molar-refractivity contribution in [2.45, 2.75) is 43.9 Å². The Hall–Kier alpha value is -0.410. The number of thioether (sulfide) groups is 1. The zero-order valence-electron chi connectivity index (χ0n) is 10.7. The van der Waals surface area contributed by atoms with Gasteiger partial charge in [-0.15, -0.1) is 11.8 Å². The Morgan fingerprint density at radius 3 is 2.88 bits per heavy atom. The fraction of sp³-hybridized carbons (Fsp3) is 0.714. The molecule has 2 rings (SSSR count). The Morgan fingerprint density at radius 2 is 2.18 bits per heavy atom. The minimum Gasteiger partial charge on any atom is -0.468 e. The van der Waals surface area contributed by atoms with Crippen molar-refractivity contribution in [2.24, 2.45) is 5.92 Å². The van der Waals surface area contributed by atoms with Crippen molar-refractivity contribution in [3.05, 3.63) is 18.1 Å². The summed E-state index contributed by atoms with van der Waals surface area (Å²) in [6.45, 7) is 4.34. The maximum atomic E-state index is 5.28. The van der Waals surface area contributed by atoms with Crippen LogP contribution in [0.5, 0.6) is 0 Å². The highest BCUT2D eigenvalue weighted by Gasteiger charge is 2.12. The third kappa shape index (κ3) is 4.40. The fourth-order valence-electron chi connectivity index (χ4n) is 2.45. The van der Waals surface area contributed by atoms with Crippen LogP contribution in [0.25, 0.3) is 0 Å². The molecule has 3 heteroatoms. The normalized spacial score (nSPS) is 17.5. The van der Waals surface area contributed by atoms with Crippen molar-refractivity contribution in [2.75, 3.05) is 18.8 Å². The van der Waals surface area contributed by atoms with E-state index in [9.17, 15) is 0 Å². The molecule has 0 aliphatic heterocycles. The minimum absolute atomic E-state index is 0.935. The van der Waals surface area contributed by atoms with E-state index in [1.807, 2.05) is 18.7 Å². The summed E-state index contributed by atoms with van der Waals surface area (Å²) in [6, 6.07) is 2.06. The van der Waals surface area contributed by atoms with Gasteiger partial charge in [-0.05, 0) is 38.3 Å². The van der Waals surface area contributed by atoms with Gasteiger partial charge in [-0.3, -0.25) is 0 Å². The topological polar surface area (TPSA) is 25.2 Å². The van der Waals surface area contributed by atoms with Crippen molar-refractivity contribution in [3.63, 3.8) is 0 Å². The van der Waals surface area contributed by atoms with Crippen molar-refractivity contribution in [3.8, 4) is 0 Å². The average molecular weight is 253 g/mol. The van der Waals surface area contributed by atoms with Crippen LogP contribution in [0.1, 0.15) is 37.9 Å².